The van der Waals surface area contributed by atoms with Crippen LogP contribution in [0.3, 0.4) is 0 Å². The number of halogens is 2. The zero-order valence-corrected chi connectivity index (χ0v) is 13.8. The third-order valence-corrected chi connectivity index (χ3v) is 3.96. The average molecular weight is 367 g/mol. The number of amidine groups is 1. The van der Waals surface area contributed by atoms with E-state index >= 15 is 0 Å². The lowest BCUT2D eigenvalue weighted by molar-refractivity contribution is 0.0514. The molecule has 0 amide bonds. The zero-order valence-electron chi connectivity index (χ0n) is 12.3. The third-order valence-electron chi connectivity index (χ3n) is 3.22. The first-order valence-electron chi connectivity index (χ1n) is 6.90. The molecular weight excluding hydrogens is 355 g/mol. The van der Waals surface area contributed by atoms with Gasteiger partial charge in [-0.2, -0.15) is 0 Å². The highest BCUT2D eigenvalue weighted by atomic mass is 35.5. The molecular formula is C16H12Cl2N2O4. The fraction of sp³-hybridized carbons (Fsp3) is 0.125. The van der Waals surface area contributed by atoms with Crippen molar-refractivity contribution in [2.45, 2.75) is 6.42 Å². The van der Waals surface area contributed by atoms with Crippen LogP contribution in [-0.4, -0.2) is 18.6 Å². The minimum Gasteiger partial charge on any atom is -0.454 e. The van der Waals surface area contributed by atoms with Gasteiger partial charge in [-0.3, -0.25) is 0 Å². The summed E-state index contributed by atoms with van der Waals surface area (Å²) in [5, 5.41) is 4.50. The quantitative estimate of drug-likeness (QED) is 0.388. The molecule has 0 unspecified atom stereocenters. The summed E-state index contributed by atoms with van der Waals surface area (Å²) in [6.07, 6.45) is 0.269. The minimum absolute atomic E-state index is 0.127. The summed E-state index contributed by atoms with van der Waals surface area (Å²) in [6, 6.07) is 9.80. The fourth-order valence-electron chi connectivity index (χ4n) is 2.07. The van der Waals surface area contributed by atoms with E-state index < -0.39 is 5.97 Å². The summed E-state index contributed by atoms with van der Waals surface area (Å²) >= 11 is 11.8. The molecule has 1 aliphatic heterocycles. The Kier molecular flexibility index (Phi) is 4.78. The SMILES string of the molecule is N/C(Cc1ccc(Cl)c(Cl)c1)=N\OC(=O)c1ccc2c(c1)OCO2. The van der Waals surface area contributed by atoms with Crippen LogP contribution in [0.15, 0.2) is 41.6 Å². The number of fused-ring (bicyclic) bond motifs is 1. The van der Waals surface area contributed by atoms with Crippen molar-refractivity contribution in [1.82, 2.24) is 0 Å². The lowest BCUT2D eigenvalue weighted by Crippen LogP contribution is -2.16. The third kappa shape index (κ3) is 3.72. The van der Waals surface area contributed by atoms with Crippen molar-refractivity contribution in [3.05, 3.63) is 57.6 Å². The van der Waals surface area contributed by atoms with Gasteiger partial charge >= 0.3 is 5.97 Å². The van der Waals surface area contributed by atoms with Gasteiger partial charge in [-0.25, -0.2) is 4.79 Å². The highest BCUT2D eigenvalue weighted by molar-refractivity contribution is 6.42. The van der Waals surface area contributed by atoms with E-state index in [-0.39, 0.29) is 24.6 Å². The summed E-state index contributed by atoms with van der Waals surface area (Å²) < 4.78 is 10.4. The maximum absolute atomic E-state index is 12.0. The standard InChI is InChI=1S/C16H12Cl2N2O4/c17-11-3-1-9(5-12(11)18)6-15(19)20-24-16(21)10-2-4-13-14(7-10)23-8-22-13/h1-5,7H,6,8H2,(H2,19,20). The van der Waals surface area contributed by atoms with Crippen LogP contribution in [0.25, 0.3) is 0 Å². The number of ether oxygens (including phenoxy) is 2. The van der Waals surface area contributed by atoms with Gasteiger partial charge in [-0.1, -0.05) is 34.4 Å². The number of rotatable bonds is 4. The Morgan fingerprint density at radius 1 is 1.12 bits per heavy atom. The van der Waals surface area contributed by atoms with E-state index in [1.807, 2.05) is 0 Å². The number of hydrogen-bond acceptors (Lipinski definition) is 5. The van der Waals surface area contributed by atoms with Gasteiger partial charge in [0.15, 0.2) is 11.5 Å². The van der Waals surface area contributed by atoms with E-state index in [2.05, 4.69) is 5.16 Å². The summed E-state index contributed by atoms with van der Waals surface area (Å²) in [6.45, 7) is 0.128. The molecule has 0 radical (unpaired) electrons. The highest BCUT2D eigenvalue weighted by Crippen LogP contribution is 2.32. The summed E-state index contributed by atoms with van der Waals surface area (Å²) in [7, 11) is 0. The van der Waals surface area contributed by atoms with Gasteiger partial charge in [-0.15, -0.1) is 0 Å². The molecule has 2 aromatic carbocycles. The summed E-state index contributed by atoms with van der Waals surface area (Å²) in [5.41, 5.74) is 6.84. The largest absolute Gasteiger partial charge is 0.454 e. The van der Waals surface area contributed by atoms with Gasteiger partial charge in [0.1, 0.15) is 5.84 Å². The second-order valence-corrected chi connectivity index (χ2v) is 5.77. The predicted octanol–water partition coefficient (Wildman–Crippen LogP) is 3.39. The first-order valence-corrected chi connectivity index (χ1v) is 7.66. The lowest BCUT2D eigenvalue weighted by Gasteiger charge is -2.04. The van der Waals surface area contributed by atoms with Gasteiger partial charge < -0.3 is 20.0 Å². The van der Waals surface area contributed by atoms with Crippen molar-refractivity contribution in [2.24, 2.45) is 10.9 Å². The number of hydrogen-bond donors (Lipinski definition) is 1. The highest BCUT2D eigenvalue weighted by Gasteiger charge is 2.17. The molecule has 2 aromatic rings. The van der Waals surface area contributed by atoms with Crippen LogP contribution in [-0.2, 0) is 11.3 Å². The molecule has 6 nitrogen and oxygen atoms in total. The van der Waals surface area contributed by atoms with Gasteiger partial charge in [0.25, 0.3) is 0 Å². The average Bonchev–Trinajstić information content (AvgIpc) is 3.03. The number of carbonyl (C=O) groups excluding carboxylic acids is 1. The molecule has 0 spiro atoms. The zero-order chi connectivity index (χ0) is 17.1. The van der Waals surface area contributed by atoms with E-state index in [1.165, 1.54) is 6.07 Å². The van der Waals surface area contributed by atoms with Gasteiger partial charge in [-0.05, 0) is 35.9 Å². The van der Waals surface area contributed by atoms with E-state index in [4.69, 9.17) is 43.2 Å². The number of carbonyl (C=O) groups is 1. The number of benzene rings is 2. The molecule has 2 N–H and O–H groups in total. The summed E-state index contributed by atoms with van der Waals surface area (Å²) in [4.78, 5) is 16.8. The van der Waals surface area contributed by atoms with Crippen molar-refractivity contribution in [3.63, 3.8) is 0 Å². The molecule has 0 fully saturated rings. The molecule has 1 aliphatic rings. The maximum atomic E-state index is 12.0. The van der Waals surface area contributed by atoms with Crippen LogP contribution in [0.5, 0.6) is 11.5 Å². The molecule has 0 aliphatic carbocycles. The van der Waals surface area contributed by atoms with Crippen molar-refractivity contribution in [3.8, 4) is 11.5 Å². The Hall–Kier alpha value is -2.44. The minimum atomic E-state index is -0.648. The molecule has 1 heterocycles. The van der Waals surface area contributed by atoms with Crippen molar-refractivity contribution in [1.29, 1.82) is 0 Å². The predicted molar refractivity (Wildman–Crippen MR) is 89.8 cm³/mol. The van der Waals surface area contributed by atoms with Crippen LogP contribution < -0.4 is 15.2 Å². The molecule has 0 aromatic heterocycles. The first kappa shape index (κ1) is 16.4. The normalized spacial score (nSPS) is 13.0. The lowest BCUT2D eigenvalue weighted by atomic mass is 10.1. The van der Waals surface area contributed by atoms with Gasteiger partial charge in [0.05, 0.1) is 15.6 Å². The summed E-state index contributed by atoms with van der Waals surface area (Å²) in [5.74, 6) is 0.541. The first-order chi connectivity index (χ1) is 11.5. The van der Waals surface area contributed by atoms with Crippen LogP contribution in [0, 0.1) is 0 Å². The molecule has 0 bridgehead atoms. The topological polar surface area (TPSA) is 83.1 Å². The second kappa shape index (κ2) is 6.98. The molecule has 3 rings (SSSR count). The van der Waals surface area contributed by atoms with E-state index in [1.54, 1.807) is 30.3 Å². The van der Waals surface area contributed by atoms with Crippen molar-refractivity contribution < 1.29 is 19.1 Å². The number of nitrogens with zero attached hydrogens (tertiary/aromatic N) is 1. The van der Waals surface area contributed by atoms with E-state index in [0.717, 1.165) is 5.56 Å². The Bertz CT molecular complexity index is 824. The van der Waals surface area contributed by atoms with E-state index in [9.17, 15) is 4.79 Å². The maximum Gasteiger partial charge on any atom is 0.365 e. The number of oxime groups is 1. The monoisotopic (exact) mass is 366 g/mol. The molecule has 8 heteroatoms. The molecule has 0 atom stereocenters. The van der Waals surface area contributed by atoms with Gasteiger partial charge in [0.2, 0.25) is 6.79 Å². The smallest absolute Gasteiger partial charge is 0.365 e. The fourth-order valence-corrected chi connectivity index (χ4v) is 2.39. The van der Waals surface area contributed by atoms with E-state index in [0.29, 0.717) is 21.5 Å². The van der Waals surface area contributed by atoms with Gasteiger partial charge in [0, 0.05) is 6.42 Å². The van der Waals surface area contributed by atoms with Crippen LogP contribution in [0.4, 0.5) is 0 Å². The van der Waals surface area contributed by atoms with Crippen LogP contribution in [0.2, 0.25) is 10.0 Å². The Morgan fingerprint density at radius 2 is 1.92 bits per heavy atom. The molecule has 0 saturated heterocycles. The van der Waals surface area contributed by atoms with Crippen LogP contribution in [0.1, 0.15) is 15.9 Å². The van der Waals surface area contributed by atoms with Crippen molar-refractivity contribution >= 4 is 35.0 Å². The Balaban J connectivity index is 1.63. The molecule has 0 saturated carbocycles. The van der Waals surface area contributed by atoms with Crippen molar-refractivity contribution in [2.75, 3.05) is 6.79 Å². The molecule has 124 valence electrons. The molecule has 24 heavy (non-hydrogen) atoms. The number of nitrogens with two attached hydrogens (primary N) is 1. The Morgan fingerprint density at radius 3 is 2.71 bits per heavy atom. The Labute approximate surface area is 147 Å². The second-order valence-electron chi connectivity index (χ2n) is 4.95. The van der Waals surface area contributed by atoms with Crippen LogP contribution >= 0.6 is 23.2 Å².